The molecule has 5 heteroatoms. The third kappa shape index (κ3) is 3.47. The third-order valence-electron chi connectivity index (χ3n) is 4.04. The Bertz CT molecular complexity index is 330. The van der Waals surface area contributed by atoms with E-state index in [4.69, 9.17) is 0 Å². The van der Waals surface area contributed by atoms with Crippen LogP contribution >= 0.6 is 0 Å². The zero-order valence-electron chi connectivity index (χ0n) is 12.0. The van der Waals surface area contributed by atoms with Crippen molar-refractivity contribution >= 4 is 11.8 Å². The highest BCUT2D eigenvalue weighted by molar-refractivity contribution is 5.81. The first-order valence-corrected chi connectivity index (χ1v) is 7.38. The maximum atomic E-state index is 12.3. The van der Waals surface area contributed by atoms with Crippen LogP contribution in [0.25, 0.3) is 0 Å². The summed E-state index contributed by atoms with van der Waals surface area (Å²) in [6.07, 6.45) is 2.08. The van der Waals surface area contributed by atoms with Crippen molar-refractivity contribution < 1.29 is 9.59 Å². The highest BCUT2D eigenvalue weighted by Crippen LogP contribution is 2.15. The molecule has 2 amide bonds. The fraction of sp³-hybridized carbons (Fsp3) is 0.857. The number of rotatable bonds is 2. The number of piperidine rings is 1. The van der Waals surface area contributed by atoms with Crippen molar-refractivity contribution in [3.05, 3.63) is 0 Å². The molecule has 1 N–H and O–H groups in total. The van der Waals surface area contributed by atoms with Gasteiger partial charge in [0.05, 0.1) is 5.92 Å². The number of amides is 2. The van der Waals surface area contributed by atoms with Crippen LogP contribution in [-0.2, 0) is 9.59 Å². The Hall–Kier alpha value is -1.10. The molecule has 2 aliphatic rings. The van der Waals surface area contributed by atoms with Crippen LogP contribution in [0.1, 0.15) is 26.7 Å². The highest BCUT2D eigenvalue weighted by atomic mass is 16.2. The fourth-order valence-corrected chi connectivity index (χ4v) is 2.83. The molecule has 0 bridgehead atoms. The smallest absolute Gasteiger partial charge is 0.227 e. The van der Waals surface area contributed by atoms with Crippen LogP contribution in [0.3, 0.4) is 0 Å². The first-order valence-electron chi connectivity index (χ1n) is 7.38. The molecular formula is C14H25N3O2. The van der Waals surface area contributed by atoms with E-state index in [1.807, 2.05) is 23.6 Å². The van der Waals surface area contributed by atoms with Crippen molar-refractivity contribution in [3.63, 3.8) is 0 Å². The second-order valence-corrected chi connectivity index (χ2v) is 5.85. The minimum absolute atomic E-state index is 0.0461. The van der Waals surface area contributed by atoms with Gasteiger partial charge in [-0.15, -0.1) is 0 Å². The Morgan fingerprint density at radius 2 is 1.74 bits per heavy atom. The van der Waals surface area contributed by atoms with Gasteiger partial charge in [-0.3, -0.25) is 9.59 Å². The van der Waals surface area contributed by atoms with Gasteiger partial charge in [-0.1, -0.05) is 13.8 Å². The van der Waals surface area contributed by atoms with Gasteiger partial charge in [0.15, 0.2) is 0 Å². The van der Waals surface area contributed by atoms with Gasteiger partial charge in [0.2, 0.25) is 11.8 Å². The summed E-state index contributed by atoms with van der Waals surface area (Å²) < 4.78 is 0. The summed E-state index contributed by atoms with van der Waals surface area (Å²) in [5.41, 5.74) is 0. The topological polar surface area (TPSA) is 52.7 Å². The Balaban J connectivity index is 1.82. The van der Waals surface area contributed by atoms with E-state index in [9.17, 15) is 9.59 Å². The summed E-state index contributed by atoms with van der Waals surface area (Å²) in [5, 5.41) is 3.28. The molecule has 0 aliphatic carbocycles. The summed E-state index contributed by atoms with van der Waals surface area (Å²) in [7, 11) is 0. The molecule has 2 rings (SSSR count). The largest absolute Gasteiger partial charge is 0.339 e. The van der Waals surface area contributed by atoms with Gasteiger partial charge in [-0.25, -0.2) is 0 Å². The third-order valence-corrected chi connectivity index (χ3v) is 4.04. The first-order chi connectivity index (χ1) is 9.09. The number of hydrogen-bond acceptors (Lipinski definition) is 3. The van der Waals surface area contributed by atoms with Crippen LogP contribution in [0.2, 0.25) is 0 Å². The first kappa shape index (κ1) is 14.3. The average Bonchev–Trinajstić information content (AvgIpc) is 2.46. The van der Waals surface area contributed by atoms with Gasteiger partial charge in [0, 0.05) is 38.6 Å². The highest BCUT2D eigenvalue weighted by Gasteiger charge is 2.29. The van der Waals surface area contributed by atoms with Crippen LogP contribution in [-0.4, -0.2) is 60.9 Å². The van der Waals surface area contributed by atoms with Crippen LogP contribution in [0.5, 0.6) is 0 Å². The lowest BCUT2D eigenvalue weighted by molar-refractivity contribution is -0.143. The Kier molecular flexibility index (Phi) is 4.80. The second kappa shape index (κ2) is 6.37. The van der Waals surface area contributed by atoms with E-state index in [0.29, 0.717) is 26.2 Å². The number of hydrogen-bond donors (Lipinski definition) is 1. The Morgan fingerprint density at radius 1 is 1.11 bits per heavy atom. The molecule has 19 heavy (non-hydrogen) atoms. The number of carbonyl (C=O) groups is 2. The van der Waals surface area contributed by atoms with Crippen molar-refractivity contribution in [2.75, 3.05) is 39.3 Å². The van der Waals surface area contributed by atoms with Crippen molar-refractivity contribution in [2.45, 2.75) is 26.7 Å². The summed E-state index contributed by atoms with van der Waals surface area (Å²) in [6, 6.07) is 0. The number of carbonyl (C=O) groups excluding carboxylic acids is 2. The van der Waals surface area contributed by atoms with Crippen LogP contribution in [0.4, 0.5) is 0 Å². The SMILES string of the molecule is CC(C)C(=O)N1CCN(C(=O)[C@H]2CCCNC2)CC1. The van der Waals surface area contributed by atoms with Crippen molar-refractivity contribution in [2.24, 2.45) is 11.8 Å². The van der Waals surface area contributed by atoms with Crippen LogP contribution in [0.15, 0.2) is 0 Å². The summed E-state index contributed by atoms with van der Waals surface area (Å²) in [5.74, 6) is 0.654. The van der Waals surface area contributed by atoms with Crippen molar-refractivity contribution in [3.8, 4) is 0 Å². The maximum absolute atomic E-state index is 12.3. The van der Waals surface area contributed by atoms with Gasteiger partial charge >= 0.3 is 0 Å². The summed E-state index contributed by atoms with van der Waals surface area (Å²) in [6.45, 7) is 8.43. The minimum atomic E-state index is 0.0461. The number of nitrogens with zero attached hydrogens (tertiary/aromatic N) is 2. The van der Waals surface area contributed by atoms with Crippen molar-refractivity contribution in [1.29, 1.82) is 0 Å². The van der Waals surface area contributed by atoms with Gasteiger partial charge in [0.1, 0.15) is 0 Å². The van der Waals surface area contributed by atoms with E-state index < -0.39 is 0 Å². The van der Waals surface area contributed by atoms with Gasteiger partial charge in [0.25, 0.3) is 0 Å². The normalized spacial score (nSPS) is 24.7. The number of nitrogens with one attached hydrogen (secondary N) is 1. The van der Waals surface area contributed by atoms with Crippen LogP contribution < -0.4 is 5.32 Å². The van der Waals surface area contributed by atoms with E-state index in [1.54, 1.807) is 0 Å². The molecule has 0 saturated carbocycles. The molecule has 0 aromatic rings. The molecule has 0 unspecified atom stereocenters. The molecule has 2 fully saturated rings. The van der Waals surface area contributed by atoms with Gasteiger partial charge < -0.3 is 15.1 Å². The fourth-order valence-electron chi connectivity index (χ4n) is 2.83. The predicted molar refractivity (Wildman–Crippen MR) is 73.6 cm³/mol. The van der Waals surface area contributed by atoms with E-state index >= 15 is 0 Å². The molecule has 1 atom stereocenters. The van der Waals surface area contributed by atoms with E-state index in [0.717, 1.165) is 25.9 Å². The lowest BCUT2D eigenvalue weighted by atomic mass is 9.98. The zero-order chi connectivity index (χ0) is 13.8. The molecule has 0 aromatic carbocycles. The molecule has 0 spiro atoms. The molecule has 5 nitrogen and oxygen atoms in total. The van der Waals surface area contributed by atoms with E-state index in [2.05, 4.69) is 5.32 Å². The van der Waals surface area contributed by atoms with Gasteiger partial charge in [-0.05, 0) is 19.4 Å². The van der Waals surface area contributed by atoms with Crippen LogP contribution in [0, 0.1) is 11.8 Å². The van der Waals surface area contributed by atoms with Gasteiger partial charge in [-0.2, -0.15) is 0 Å². The monoisotopic (exact) mass is 267 g/mol. The quantitative estimate of drug-likeness (QED) is 0.783. The predicted octanol–water partition coefficient (Wildman–Crippen LogP) is 0.313. The molecular weight excluding hydrogens is 242 g/mol. The number of piperazine rings is 1. The minimum Gasteiger partial charge on any atom is -0.339 e. The maximum Gasteiger partial charge on any atom is 0.227 e. The standard InChI is InChI=1S/C14H25N3O2/c1-11(2)13(18)16-6-8-17(9-7-16)14(19)12-4-3-5-15-10-12/h11-12,15H,3-10H2,1-2H3/t12-/m0/s1. The molecule has 108 valence electrons. The molecule has 2 aliphatic heterocycles. The Morgan fingerprint density at radius 3 is 2.26 bits per heavy atom. The molecule has 0 aromatic heterocycles. The molecule has 0 radical (unpaired) electrons. The second-order valence-electron chi connectivity index (χ2n) is 5.85. The van der Waals surface area contributed by atoms with E-state index in [-0.39, 0.29) is 23.7 Å². The molecule has 2 saturated heterocycles. The molecule has 2 heterocycles. The Labute approximate surface area is 115 Å². The summed E-state index contributed by atoms with van der Waals surface area (Å²) >= 11 is 0. The lowest BCUT2D eigenvalue weighted by Gasteiger charge is -2.37. The lowest BCUT2D eigenvalue weighted by Crippen LogP contribution is -2.54. The average molecular weight is 267 g/mol. The summed E-state index contributed by atoms with van der Waals surface area (Å²) in [4.78, 5) is 28.0. The van der Waals surface area contributed by atoms with E-state index in [1.165, 1.54) is 0 Å². The van der Waals surface area contributed by atoms with Crippen molar-refractivity contribution in [1.82, 2.24) is 15.1 Å². The zero-order valence-corrected chi connectivity index (χ0v) is 12.0.